The van der Waals surface area contributed by atoms with Crippen LogP contribution >= 0.6 is 11.6 Å². The van der Waals surface area contributed by atoms with Crippen LogP contribution in [0.25, 0.3) is 0 Å². The number of alkyl halides is 3. The molecule has 1 aromatic carbocycles. The Morgan fingerprint density at radius 2 is 1.89 bits per heavy atom. The maximum atomic E-state index is 13.0. The highest BCUT2D eigenvalue weighted by Crippen LogP contribution is 2.37. The Balaban J connectivity index is 1.59. The smallest absolute Gasteiger partial charge is 0.420 e. The number of aromatic nitrogens is 1. The fourth-order valence-electron chi connectivity index (χ4n) is 3.88. The Labute approximate surface area is 207 Å². The van der Waals surface area contributed by atoms with Crippen molar-refractivity contribution in [2.45, 2.75) is 57.0 Å². The van der Waals surface area contributed by atoms with Gasteiger partial charge in [-0.25, -0.2) is 4.98 Å². The summed E-state index contributed by atoms with van der Waals surface area (Å²) in [6, 6.07) is 7.02. The van der Waals surface area contributed by atoms with Crippen molar-refractivity contribution in [1.82, 2.24) is 4.98 Å². The number of pyridine rings is 1. The van der Waals surface area contributed by atoms with Gasteiger partial charge in [0.2, 0.25) is 0 Å². The van der Waals surface area contributed by atoms with E-state index in [9.17, 15) is 18.7 Å². The van der Waals surface area contributed by atoms with Gasteiger partial charge in [-0.3, -0.25) is 4.79 Å². The first-order valence-electron chi connectivity index (χ1n) is 11.2. The van der Waals surface area contributed by atoms with Crippen molar-refractivity contribution in [3.63, 3.8) is 0 Å². The molecular weight excluding hydrogens is 483 g/mol. The second kappa shape index (κ2) is 9.20. The van der Waals surface area contributed by atoms with Crippen molar-refractivity contribution in [3.05, 3.63) is 42.1 Å². The SMILES string of the molecule is CC1(C)OB(c2cc(C(=O)Nc3ccc(OC(F)(F)Cl)cc3)cnc2N2CCC(O)C2)OC1(C)C. The second-order valence-electron chi connectivity index (χ2n) is 9.64. The van der Waals surface area contributed by atoms with Crippen molar-refractivity contribution in [3.8, 4) is 5.75 Å². The number of aliphatic hydroxyl groups is 1. The van der Waals surface area contributed by atoms with Crippen LogP contribution < -0.4 is 20.4 Å². The van der Waals surface area contributed by atoms with Gasteiger partial charge in [0, 0.05) is 42.0 Å². The third-order valence-corrected chi connectivity index (χ3v) is 6.55. The molecule has 2 fully saturated rings. The summed E-state index contributed by atoms with van der Waals surface area (Å²) < 4.78 is 42.3. The van der Waals surface area contributed by atoms with E-state index in [1.165, 1.54) is 30.5 Å². The van der Waals surface area contributed by atoms with Crippen LogP contribution in [0.5, 0.6) is 5.75 Å². The van der Waals surface area contributed by atoms with Gasteiger partial charge in [0.15, 0.2) is 0 Å². The van der Waals surface area contributed by atoms with E-state index < -0.39 is 35.9 Å². The second-order valence-corrected chi connectivity index (χ2v) is 10.1. The van der Waals surface area contributed by atoms with Crippen LogP contribution in [0, 0.1) is 0 Å². The number of carbonyl (C=O) groups is 1. The molecular formula is C23H27BClF2N3O5. The molecule has 2 aliphatic heterocycles. The van der Waals surface area contributed by atoms with Gasteiger partial charge in [0.05, 0.1) is 22.9 Å². The summed E-state index contributed by atoms with van der Waals surface area (Å²) in [6.45, 7) is 8.77. The quantitative estimate of drug-likeness (QED) is 0.456. The first-order valence-corrected chi connectivity index (χ1v) is 11.6. The zero-order valence-electron chi connectivity index (χ0n) is 19.8. The van der Waals surface area contributed by atoms with E-state index in [2.05, 4.69) is 15.0 Å². The van der Waals surface area contributed by atoms with Gasteiger partial charge in [-0.15, -0.1) is 8.78 Å². The number of nitrogens with zero attached hydrogens (tertiary/aromatic N) is 2. The molecule has 1 atom stereocenters. The molecule has 2 aliphatic rings. The molecule has 0 saturated carbocycles. The van der Waals surface area contributed by atoms with Gasteiger partial charge in [0.25, 0.3) is 5.91 Å². The minimum atomic E-state index is -3.83. The van der Waals surface area contributed by atoms with E-state index in [1.54, 1.807) is 6.07 Å². The van der Waals surface area contributed by atoms with Crippen LogP contribution in [0.4, 0.5) is 20.3 Å². The van der Waals surface area contributed by atoms with Gasteiger partial charge >= 0.3 is 12.7 Å². The van der Waals surface area contributed by atoms with Gasteiger partial charge in [0.1, 0.15) is 11.6 Å². The molecule has 35 heavy (non-hydrogen) atoms. The van der Waals surface area contributed by atoms with Crippen molar-refractivity contribution < 1.29 is 32.7 Å². The van der Waals surface area contributed by atoms with E-state index in [4.69, 9.17) is 20.9 Å². The summed E-state index contributed by atoms with van der Waals surface area (Å²) in [5, 5.41) is 12.7. The molecule has 1 amide bonds. The third-order valence-electron chi connectivity index (χ3n) is 6.47. The largest absolute Gasteiger partial charge is 0.498 e. The van der Waals surface area contributed by atoms with Crippen LogP contribution in [0.2, 0.25) is 0 Å². The van der Waals surface area contributed by atoms with Crippen molar-refractivity contribution in [1.29, 1.82) is 0 Å². The van der Waals surface area contributed by atoms with Crippen LogP contribution in [-0.2, 0) is 9.31 Å². The number of hydrogen-bond acceptors (Lipinski definition) is 7. The Hall–Kier alpha value is -2.47. The molecule has 188 valence electrons. The predicted octanol–water partition coefficient (Wildman–Crippen LogP) is 3.37. The Morgan fingerprint density at radius 1 is 1.26 bits per heavy atom. The minimum absolute atomic E-state index is 0.148. The molecule has 2 N–H and O–H groups in total. The summed E-state index contributed by atoms with van der Waals surface area (Å²) in [4.78, 5) is 19.4. The fraction of sp³-hybridized carbons (Fsp3) is 0.478. The normalized spacial score (nSPS) is 21.3. The first-order chi connectivity index (χ1) is 16.2. The molecule has 0 spiro atoms. The summed E-state index contributed by atoms with van der Waals surface area (Å²) in [7, 11) is -0.762. The van der Waals surface area contributed by atoms with E-state index in [-0.39, 0.29) is 11.3 Å². The van der Waals surface area contributed by atoms with E-state index in [0.717, 1.165) is 0 Å². The number of anilines is 2. The lowest BCUT2D eigenvalue weighted by Gasteiger charge is -2.32. The molecule has 1 aromatic heterocycles. The number of benzene rings is 1. The van der Waals surface area contributed by atoms with Gasteiger partial charge in [-0.2, -0.15) is 0 Å². The molecule has 0 aliphatic carbocycles. The third kappa shape index (κ3) is 5.69. The number of halogens is 3. The Morgan fingerprint density at radius 3 is 2.43 bits per heavy atom. The highest BCUT2D eigenvalue weighted by Gasteiger charge is 2.53. The summed E-state index contributed by atoms with van der Waals surface area (Å²) in [5.74, 6) is -0.0235. The predicted molar refractivity (Wildman–Crippen MR) is 129 cm³/mol. The number of nitrogens with one attached hydrogen (secondary N) is 1. The van der Waals surface area contributed by atoms with E-state index in [1.807, 2.05) is 32.6 Å². The Bertz CT molecular complexity index is 1080. The lowest BCUT2D eigenvalue weighted by Crippen LogP contribution is -2.41. The molecule has 0 bridgehead atoms. The topological polar surface area (TPSA) is 93.2 Å². The number of hydrogen-bond donors (Lipinski definition) is 2. The van der Waals surface area contributed by atoms with Crippen LogP contribution in [0.1, 0.15) is 44.5 Å². The van der Waals surface area contributed by atoms with Crippen LogP contribution in [0.3, 0.4) is 0 Å². The van der Waals surface area contributed by atoms with Gasteiger partial charge < -0.3 is 29.4 Å². The molecule has 4 rings (SSSR count). The standard InChI is InChI=1S/C23H27BClF2N3O5/c1-21(2)22(3,4)35-24(34-21)18-11-14(12-28-19(18)30-10-9-16(31)13-30)20(32)29-15-5-7-17(8-6-15)33-23(25,26)27/h5-8,11-12,16,31H,9-10,13H2,1-4H3,(H,29,32). The number of ether oxygens (including phenoxy) is 1. The minimum Gasteiger partial charge on any atom is -0.420 e. The number of amides is 1. The van der Waals surface area contributed by atoms with Gasteiger partial charge in [-0.05, 0) is 64.4 Å². The first kappa shape index (κ1) is 25.6. The number of aliphatic hydroxyl groups excluding tert-OH is 1. The van der Waals surface area contributed by atoms with E-state index in [0.29, 0.717) is 36.5 Å². The average molecular weight is 510 g/mol. The monoisotopic (exact) mass is 509 g/mol. The highest BCUT2D eigenvalue weighted by molar-refractivity contribution is 6.64. The zero-order chi connectivity index (χ0) is 25.6. The lowest BCUT2D eigenvalue weighted by atomic mass is 9.78. The zero-order valence-corrected chi connectivity index (χ0v) is 20.6. The molecule has 12 heteroatoms. The summed E-state index contributed by atoms with van der Waals surface area (Å²) >= 11 is 4.77. The molecule has 1 unspecified atom stereocenters. The number of rotatable bonds is 6. The molecule has 3 heterocycles. The Kier molecular flexibility index (Phi) is 6.73. The lowest BCUT2D eigenvalue weighted by molar-refractivity contribution is -0.0964. The summed E-state index contributed by atoms with van der Waals surface area (Å²) in [6.07, 6.45) is 1.59. The molecule has 0 radical (unpaired) electrons. The molecule has 8 nitrogen and oxygen atoms in total. The number of carbonyl (C=O) groups excluding carboxylic acids is 1. The average Bonchev–Trinajstić information content (AvgIpc) is 3.27. The maximum Gasteiger partial charge on any atom is 0.498 e. The van der Waals surface area contributed by atoms with Crippen molar-refractivity contribution in [2.75, 3.05) is 23.3 Å². The highest BCUT2D eigenvalue weighted by atomic mass is 35.5. The molecule has 2 saturated heterocycles. The van der Waals surface area contributed by atoms with E-state index >= 15 is 0 Å². The van der Waals surface area contributed by atoms with Crippen LogP contribution in [0.15, 0.2) is 36.5 Å². The van der Waals surface area contributed by atoms with Gasteiger partial charge in [-0.1, -0.05) is 0 Å². The fourth-order valence-corrected chi connectivity index (χ4v) is 3.97. The maximum absolute atomic E-state index is 13.0. The number of β-amino-alcohol motifs (C(OH)–C–C–N with tert-alkyl or cyclic N) is 1. The van der Waals surface area contributed by atoms with Crippen molar-refractivity contribution >= 4 is 41.6 Å². The van der Waals surface area contributed by atoms with Crippen LogP contribution in [-0.4, -0.2) is 59.1 Å². The summed E-state index contributed by atoms with van der Waals surface area (Å²) in [5.41, 5.74) is -3.82. The van der Waals surface area contributed by atoms with Crippen molar-refractivity contribution in [2.24, 2.45) is 0 Å². The molecule has 2 aromatic rings.